The maximum atomic E-state index is 11.9. The van der Waals surface area contributed by atoms with Gasteiger partial charge in [0.1, 0.15) is 11.2 Å². The number of anilines is 1. The summed E-state index contributed by atoms with van der Waals surface area (Å²) < 4.78 is 1.73. The molecule has 21 heavy (non-hydrogen) atoms. The van der Waals surface area contributed by atoms with E-state index in [1.54, 1.807) is 11.6 Å². The zero-order valence-electron chi connectivity index (χ0n) is 12.7. The molecule has 1 amide bonds. The van der Waals surface area contributed by atoms with E-state index in [4.69, 9.17) is 11.6 Å². The van der Waals surface area contributed by atoms with Crippen LogP contribution in [0.1, 0.15) is 33.4 Å². The summed E-state index contributed by atoms with van der Waals surface area (Å²) in [4.78, 5) is 11.9. The van der Waals surface area contributed by atoms with Crippen LogP contribution < -0.4 is 5.32 Å². The fraction of sp³-hybridized carbons (Fsp3) is 0.375. The lowest BCUT2D eigenvalue weighted by atomic mass is 9.92. The highest BCUT2D eigenvalue weighted by molar-refractivity contribution is 6.32. The largest absolute Gasteiger partial charge is 0.309 e. The lowest BCUT2D eigenvalue weighted by Crippen LogP contribution is -2.22. The SMILES string of the molecule is C[C@H](Cl)C(=O)Nc1cc(C(C)(C)C)nn1-c1ccccc1. The molecule has 0 saturated carbocycles. The van der Waals surface area contributed by atoms with E-state index >= 15 is 0 Å². The van der Waals surface area contributed by atoms with Crippen molar-refractivity contribution in [2.24, 2.45) is 0 Å². The van der Waals surface area contributed by atoms with Gasteiger partial charge in [-0.2, -0.15) is 5.10 Å². The second kappa shape index (κ2) is 5.90. The second-order valence-electron chi connectivity index (χ2n) is 6.02. The molecule has 0 saturated heterocycles. The van der Waals surface area contributed by atoms with E-state index in [-0.39, 0.29) is 11.3 Å². The third-order valence-electron chi connectivity index (χ3n) is 3.09. The van der Waals surface area contributed by atoms with Gasteiger partial charge in [0.2, 0.25) is 5.91 Å². The molecule has 0 aliphatic heterocycles. The van der Waals surface area contributed by atoms with Crippen LogP contribution in [0, 0.1) is 0 Å². The lowest BCUT2D eigenvalue weighted by Gasteiger charge is -2.14. The number of benzene rings is 1. The molecule has 0 radical (unpaired) electrons. The Hall–Kier alpha value is -1.81. The molecule has 1 aromatic carbocycles. The van der Waals surface area contributed by atoms with Crippen molar-refractivity contribution in [1.82, 2.24) is 9.78 Å². The van der Waals surface area contributed by atoms with Gasteiger partial charge in [0, 0.05) is 11.5 Å². The minimum atomic E-state index is -0.595. The fourth-order valence-electron chi connectivity index (χ4n) is 1.83. The van der Waals surface area contributed by atoms with Crippen LogP contribution in [0.2, 0.25) is 0 Å². The third-order valence-corrected chi connectivity index (χ3v) is 3.29. The number of para-hydroxylation sites is 1. The first-order valence-corrected chi connectivity index (χ1v) is 7.33. The van der Waals surface area contributed by atoms with Gasteiger partial charge >= 0.3 is 0 Å². The number of amides is 1. The number of nitrogens with one attached hydrogen (secondary N) is 1. The zero-order valence-corrected chi connectivity index (χ0v) is 13.5. The molecule has 2 rings (SSSR count). The summed E-state index contributed by atoms with van der Waals surface area (Å²) >= 11 is 5.83. The van der Waals surface area contributed by atoms with Crippen LogP contribution in [0.4, 0.5) is 5.82 Å². The van der Waals surface area contributed by atoms with Crippen molar-refractivity contribution in [3.05, 3.63) is 42.1 Å². The molecular formula is C16H20ClN3O. The van der Waals surface area contributed by atoms with Gasteiger partial charge in [-0.3, -0.25) is 4.79 Å². The monoisotopic (exact) mass is 305 g/mol. The van der Waals surface area contributed by atoms with Gasteiger partial charge in [0.25, 0.3) is 0 Å². The molecule has 0 bridgehead atoms. The van der Waals surface area contributed by atoms with Crippen molar-refractivity contribution in [3.63, 3.8) is 0 Å². The molecule has 1 N–H and O–H groups in total. The molecule has 1 heterocycles. The summed E-state index contributed by atoms with van der Waals surface area (Å²) in [6.45, 7) is 7.89. The number of carbonyl (C=O) groups is 1. The van der Waals surface area contributed by atoms with Gasteiger partial charge in [-0.25, -0.2) is 4.68 Å². The second-order valence-corrected chi connectivity index (χ2v) is 6.67. The minimum Gasteiger partial charge on any atom is -0.309 e. The average Bonchev–Trinajstić information content (AvgIpc) is 2.83. The number of aromatic nitrogens is 2. The van der Waals surface area contributed by atoms with Gasteiger partial charge in [0.15, 0.2) is 0 Å². The average molecular weight is 306 g/mol. The molecule has 1 aromatic heterocycles. The van der Waals surface area contributed by atoms with Crippen LogP contribution in [0.5, 0.6) is 0 Å². The van der Waals surface area contributed by atoms with Crippen molar-refractivity contribution >= 4 is 23.3 Å². The Balaban J connectivity index is 2.47. The van der Waals surface area contributed by atoms with Crippen LogP contribution in [0.3, 0.4) is 0 Å². The predicted octanol–water partition coefficient (Wildman–Crippen LogP) is 3.74. The first-order chi connectivity index (χ1) is 9.79. The maximum absolute atomic E-state index is 11.9. The standard InChI is InChI=1S/C16H20ClN3O/c1-11(17)15(21)18-14-10-13(16(2,3)4)19-20(14)12-8-6-5-7-9-12/h5-11H,1-4H3,(H,18,21)/t11-/m0/s1. The smallest absolute Gasteiger partial charge is 0.243 e. The molecule has 0 unspecified atom stereocenters. The van der Waals surface area contributed by atoms with Crippen LogP contribution in [-0.4, -0.2) is 21.1 Å². The Kier molecular flexibility index (Phi) is 4.37. The van der Waals surface area contributed by atoms with Crippen LogP contribution in [0.25, 0.3) is 5.69 Å². The highest BCUT2D eigenvalue weighted by Gasteiger charge is 2.22. The van der Waals surface area contributed by atoms with E-state index in [0.717, 1.165) is 11.4 Å². The van der Waals surface area contributed by atoms with Gasteiger partial charge in [-0.1, -0.05) is 39.0 Å². The van der Waals surface area contributed by atoms with E-state index in [9.17, 15) is 4.79 Å². The minimum absolute atomic E-state index is 0.105. The summed E-state index contributed by atoms with van der Waals surface area (Å²) in [7, 11) is 0. The third kappa shape index (κ3) is 3.64. The van der Waals surface area contributed by atoms with Crippen molar-refractivity contribution in [2.75, 3.05) is 5.32 Å². The molecule has 5 heteroatoms. The zero-order chi connectivity index (χ0) is 15.6. The number of rotatable bonds is 3. The summed E-state index contributed by atoms with van der Waals surface area (Å²) in [5, 5.41) is 6.86. The molecule has 2 aromatic rings. The van der Waals surface area contributed by atoms with Crippen LogP contribution in [-0.2, 0) is 10.2 Å². The molecule has 4 nitrogen and oxygen atoms in total. The number of nitrogens with zero attached hydrogens (tertiary/aromatic N) is 2. The highest BCUT2D eigenvalue weighted by Crippen LogP contribution is 2.26. The number of carbonyl (C=O) groups excluding carboxylic acids is 1. The normalized spacial score (nSPS) is 13.0. The summed E-state index contributed by atoms with van der Waals surface area (Å²) in [6, 6.07) is 11.6. The van der Waals surface area contributed by atoms with Crippen LogP contribution >= 0.6 is 11.6 Å². The summed E-state index contributed by atoms with van der Waals surface area (Å²) in [5.74, 6) is 0.387. The topological polar surface area (TPSA) is 46.9 Å². The van der Waals surface area contributed by atoms with Gasteiger partial charge in [-0.15, -0.1) is 11.6 Å². The van der Waals surface area contributed by atoms with Crippen molar-refractivity contribution in [2.45, 2.75) is 38.5 Å². The molecule has 0 aliphatic carbocycles. The Labute approximate surface area is 130 Å². The van der Waals surface area contributed by atoms with E-state index < -0.39 is 5.38 Å². The molecule has 1 atom stereocenters. The lowest BCUT2D eigenvalue weighted by molar-refractivity contribution is -0.115. The molecule has 112 valence electrons. The number of halogens is 1. The molecule has 0 aliphatic rings. The van der Waals surface area contributed by atoms with E-state index in [1.807, 2.05) is 36.4 Å². The first-order valence-electron chi connectivity index (χ1n) is 6.90. The van der Waals surface area contributed by atoms with Crippen molar-refractivity contribution in [1.29, 1.82) is 0 Å². The molecule has 0 spiro atoms. The van der Waals surface area contributed by atoms with Gasteiger partial charge in [-0.05, 0) is 19.1 Å². The van der Waals surface area contributed by atoms with E-state index in [1.165, 1.54) is 0 Å². The number of hydrogen-bond acceptors (Lipinski definition) is 2. The number of hydrogen-bond donors (Lipinski definition) is 1. The summed E-state index contributed by atoms with van der Waals surface area (Å²) in [5.41, 5.74) is 1.70. The van der Waals surface area contributed by atoms with Crippen LogP contribution in [0.15, 0.2) is 36.4 Å². The van der Waals surface area contributed by atoms with Crippen molar-refractivity contribution < 1.29 is 4.79 Å². The van der Waals surface area contributed by atoms with E-state index in [0.29, 0.717) is 5.82 Å². The molecule has 0 fully saturated rings. The van der Waals surface area contributed by atoms with Gasteiger partial charge in [0.05, 0.1) is 11.4 Å². The maximum Gasteiger partial charge on any atom is 0.243 e. The fourth-order valence-corrected chi connectivity index (χ4v) is 1.88. The Bertz CT molecular complexity index is 627. The van der Waals surface area contributed by atoms with E-state index in [2.05, 4.69) is 31.2 Å². The number of alkyl halides is 1. The van der Waals surface area contributed by atoms with Gasteiger partial charge < -0.3 is 5.32 Å². The first kappa shape index (κ1) is 15.6. The quantitative estimate of drug-likeness (QED) is 0.878. The Morgan fingerprint density at radius 3 is 2.43 bits per heavy atom. The molecular weight excluding hydrogens is 286 g/mol. The Morgan fingerprint density at radius 1 is 1.29 bits per heavy atom. The predicted molar refractivity (Wildman–Crippen MR) is 86.2 cm³/mol. The Morgan fingerprint density at radius 2 is 1.90 bits per heavy atom. The van der Waals surface area contributed by atoms with Crippen molar-refractivity contribution in [3.8, 4) is 5.69 Å². The summed E-state index contributed by atoms with van der Waals surface area (Å²) in [6.07, 6.45) is 0. The highest BCUT2D eigenvalue weighted by atomic mass is 35.5.